The molecular formula is C36H61NO8Si2. The SMILES string of the molecule is CC[Si](CC)(CC)O[C@H](CO[Si](c1ccccc1)(c1ccccc1)C(C)(C)C)C[C@@H](C)[C@H](OCOC)[C@@H](OCOC)C(=O)N(C)OC. The summed E-state index contributed by atoms with van der Waals surface area (Å²) in [4.78, 5) is 18.7. The highest BCUT2D eigenvalue weighted by molar-refractivity contribution is 6.99. The predicted octanol–water partition coefficient (Wildman–Crippen LogP) is 5.98. The zero-order valence-corrected chi connectivity index (χ0v) is 32.7. The van der Waals surface area contributed by atoms with Gasteiger partial charge in [0.1, 0.15) is 13.6 Å². The average Bonchev–Trinajstić information content (AvgIpc) is 3.08. The normalized spacial score (nSPS) is 15.2. The molecule has 0 unspecified atom stereocenters. The molecule has 0 aliphatic carbocycles. The smallest absolute Gasteiger partial charge is 0.277 e. The summed E-state index contributed by atoms with van der Waals surface area (Å²) in [6.45, 7) is 15.9. The molecule has 11 heteroatoms. The molecule has 0 saturated carbocycles. The van der Waals surface area contributed by atoms with Gasteiger partial charge in [0.25, 0.3) is 14.2 Å². The third kappa shape index (κ3) is 10.8. The highest BCUT2D eigenvalue weighted by Crippen LogP contribution is 2.38. The molecule has 0 heterocycles. The van der Waals surface area contributed by atoms with Crippen LogP contribution in [0.1, 0.15) is 54.9 Å². The number of hydrogen-bond donors (Lipinski definition) is 0. The Kier molecular flexibility index (Phi) is 17.5. The summed E-state index contributed by atoms with van der Waals surface area (Å²) in [6.07, 6.45) is -1.33. The number of amides is 1. The van der Waals surface area contributed by atoms with E-state index in [1.54, 1.807) is 14.2 Å². The van der Waals surface area contributed by atoms with Crippen LogP contribution in [0.3, 0.4) is 0 Å². The highest BCUT2D eigenvalue weighted by Gasteiger charge is 2.51. The Bertz CT molecular complexity index is 1100. The van der Waals surface area contributed by atoms with Gasteiger partial charge < -0.3 is 27.8 Å². The van der Waals surface area contributed by atoms with Crippen LogP contribution in [0.25, 0.3) is 0 Å². The first-order valence-electron chi connectivity index (χ1n) is 16.9. The van der Waals surface area contributed by atoms with Crippen molar-refractivity contribution in [2.24, 2.45) is 5.92 Å². The van der Waals surface area contributed by atoms with E-state index in [0.29, 0.717) is 13.0 Å². The quantitative estimate of drug-likeness (QED) is 0.0848. The standard InChI is InChI=1S/C36H61NO8Si2/c1-12-46(13-2,14-3)45-30(25-29(4)33(42-27-39-9)34(43-28-40-10)35(38)37(8)41-11)26-44-47(36(5,6)7,31-21-17-15-18-22-31)32-23-19-16-20-24-32/h15-24,29-30,33-34H,12-14,25-28H2,1-11H3/t29-,30+,33+,34-/m1/s1. The summed E-state index contributed by atoms with van der Waals surface area (Å²) >= 11 is 0. The number of hydroxylamine groups is 2. The largest absolute Gasteiger partial charge is 0.412 e. The number of ether oxygens (including phenoxy) is 4. The molecule has 0 aliphatic rings. The van der Waals surface area contributed by atoms with E-state index in [1.807, 2.05) is 0 Å². The van der Waals surface area contributed by atoms with Gasteiger partial charge in [-0.25, -0.2) is 5.06 Å². The second-order valence-electron chi connectivity index (χ2n) is 13.2. The monoisotopic (exact) mass is 691 g/mol. The number of methoxy groups -OCH3 is 2. The maximum Gasteiger partial charge on any atom is 0.277 e. The Morgan fingerprint density at radius 2 is 1.30 bits per heavy atom. The maximum atomic E-state index is 13.5. The van der Waals surface area contributed by atoms with Gasteiger partial charge in [-0.15, -0.1) is 0 Å². The van der Waals surface area contributed by atoms with Crippen LogP contribution in [-0.4, -0.2) is 94.5 Å². The van der Waals surface area contributed by atoms with Crippen molar-refractivity contribution in [3.05, 3.63) is 60.7 Å². The van der Waals surface area contributed by atoms with E-state index in [9.17, 15) is 4.79 Å². The summed E-state index contributed by atoms with van der Waals surface area (Å²) in [6, 6.07) is 24.3. The first-order chi connectivity index (χ1) is 22.4. The number of likely N-dealkylation sites (N-methyl/N-ethyl adjacent to an activating group) is 1. The fourth-order valence-electron chi connectivity index (χ4n) is 6.45. The molecule has 0 bridgehead atoms. The molecule has 0 aromatic heterocycles. The lowest BCUT2D eigenvalue weighted by atomic mass is 9.93. The van der Waals surface area contributed by atoms with Crippen LogP contribution in [0.15, 0.2) is 60.7 Å². The van der Waals surface area contributed by atoms with Gasteiger partial charge in [-0.3, -0.25) is 9.63 Å². The van der Waals surface area contributed by atoms with Crippen molar-refractivity contribution in [2.75, 3.05) is 48.6 Å². The van der Waals surface area contributed by atoms with Gasteiger partial charge >= 0.3 is 0 Å². The number of nitrogens with zero attached hydrogens (tertiary/aromatic N) is 1. The second kappa shape index (κ2) is 19.9. The van der Waals surface area contributed by atoms with E-state index in [4.69, 9.17) is 32.6 Å². The summed E-state index contributed by atoms with van der Waals surface area (Å²) in [5, 5.41) is 3.41. The molecule has 2 aromatic rings. The Morgan fingerprint density at radius 3 is 1.72 bits per heavy atom. The number of benzene rings is 2. The first kappa shape index (κ1) is 41.2. The Balaban J connectivity index is 2.62. The van der Waals surface area contributed by atoms with Crippen molar-refractivity contribution in [2.45, 2.75) is 96.4 Å². The van der Waals surface area contributed by atoms with E-state index < -0.39 is 28.8 Å². The topological polar surface area (TPSA) is 84.9 Å². The average molecular weight is 692 g/mol. The van der Waals surface area contributed by atoms with Crippen LogP contribution >= 0.6 is 0 Å². The van der Waals surface area contributed by atoms with E-state index in [0.717, 1.165) is 23.2 Å². The van der Waals surface area contributed by atoms with Crippen LogP contribution < -0.4 is 10.4 Å². The summed E-state index contributed by atoms with van der Waals surface area (Å²) in [5.74, 6) is -0.566. The first-order valence-corrected chi connectivity index (χ1v) is 21.3. The summed E-state index contributed by atoms with van der Waals surface area (Å²) in [7, 11) is 1.17. The summed E-state index contributed by atoms with van der Waals surface area (Å²) < 4.78 is 37.3. The summed E-state index contributed by atoms with van der Waals surface area (Å²) in [5.41, 5.74) is 0. The van der Waals surface area contributed by atoms with Gasteiger partial charge in [0, 0.05) is 21.3 Å². The van der Waals surface area contributed by atoms with Crippen molar-refractivity contribution < 1.29 is 37.4 Å². The van der Waals surface area contributed by atoms with E-state index in [2.05, 4.69) is 109 Å². The minimum Gasteiger partial charge on any atom is -0.412 e. The van der Waals surface area contributed by atoms with Crippen molar-refractivity contribution in [3.8, 4) is 0 Å². The van der Waals surface area contributed by atoms with Gasteiger partial charge in [-0.2, -0.15) is 0 Å². The fraction of sp³-hybridized carbons (Fsp3) is 0.639. The van der Waals surface area contributed by atoms with Gasteiger partial charge in [0.2, 0.25) is 0 Å². The molecule has 0 saturated heterocycles. The van der Waals surface area contributed by atoms with Crippen LogP contribution in [0.5, 0.6) is 0 Å². The zero-order chi connectivity index (χ0) is 35.1. The molecule has 0 aliphatic heterocycles. The molecule has 9 nitrogen and oxygen atoms in total. The van der Waals surface area contributed by atoms with Gasteiger partial charge in [0.15, 0.2) is 14.4 Å². The molecule has 0 N–H and O–H groups in total. The number of hydrogen-bond acceptors (Lipinski definition) is 8. The lowest BCUT2D eigenvalue weighted by molar-refractivity contribution is -0.210. The molecule has 47 heavy (non-hydrogen) atoms. The molecule has 0 spiro atoms. The molecule has 1 amide bonds. The third-order valence-corrected chi connectivity index (χ3v) is 19.0. The van der Waals surface area contributed by atoms with E-state index in [1.165, 1.54) is 24.6 Å². The van der Waals surface area contributed by atoms with Crippen LogP contribution in [-0.2, 0) is 37.4 Å². The van der Waals surface area contributed by atoms with Crippen molar-refractivity contribution in [3.63, 3.8) is 0 Å². The van der Waals surface area contributed by atoms with Gasteiger partial charge in [-0.1, -0.05) is 109 Å². The predicted molar refractivity (Wildman–Crippen MR) is 193 cm³/mol. The second-order valence-corrected chi connectivity index (χ2v) is 22.2. The van der Waals surface area contributed by atoms with Crippen LogP contribution in [0.4, 0.5) is 0 Å². The van der Waals surface area contributed by atoms with E-state index in [-0.39, 0.29) is 36.6 Å². The molecule has 0 radical (unpaired) electrons. The molecule has 266 valence electrons. The Morgan fingerprint density at radius 1 is 0.809 bits per heavy atom. The van der Waals surface area contributed by atoms with E-state index >= 15 is 0 Å². The molecule has 4 atom stereocenters. The van der Waals surface area contributed by atoms with Gasteiger partial charge in [-0.05, 0) is 45.9 Å². The van der Waals surface area contributed by atoms with Crippen molar-refractivity contribution in [1.29, 1.82) is 0 Å². The lowest BCUT2D eigenvalue weighted by Gasteiger charge is -2.45. The number of carbonyl (C=O) groups excluding carboxylic acids is 1. The Hall–Kier alpha value is -1.94. The minimum absolute atomic E-state index is 0.00647. The van der Waals surface area contributed by atoms with Crippen LogP contribution in [0, 0.1) is 5.92 Å². The lowest BCUT2D eigenvalue weighted by Crippen LogP contribution is -2.67. The fourth-order valence-corrected chi connectivity index (χ4v) is 13.9. The molecule has 2 rings (SSSR count). The Labute approximate surface area is 286 Å². The van der Waals surface area contributed by atoms with Gasteiger partial charge in [0.05, 0.1) is 25.9 Å². The number of carbonyl (C=O) groups is 1. The zero-order valence-electron chi connectivity index (χ0n) is 30.7. The molecule has 2 aromatic carbocycles. The molecular weight excluding hydrogens is 631 g/mol. The maximum absolute atomic E-state index is 13.5. The van der Waals surface area contributed by atoms with Crippen LogP contribution in [0.2, 0.25) is 23.2 Å². The minimum atomic E-state index is -2.83. The highest BCUT2D eigenvalue weighted by atomic mass is 28.4. The van der Waals surface area contributed by atoms with Crippen molar-refractivity contribution >= 4 is 32.9 Å². The van der Waals surface area contributed by atoms with Crippen molar-refractivity contribution in [1.82, 2.24) is 5.06 Å². The molecule has 0 fully saturated rings. The third-order valence-electron chi connectivity index (χ3n) is 9.32. The number of rotatable bonds is 22.